The summed E-state index contributed by atoms with van der Waals surface area (Å²) in [4.78, 5) is 13.4. The summed E-state index contributed by atoms with van der Waals surface area (Å²) < 4.78 is 0. The lowest BCUT2D eigenvalue weighted by Gasteiger charge is -2.06. The number of amides is 1. The number of hydrogen-bond acceptors (Lipinski definition) is 3. The van der Waals surface area contributed by atoms with Crippen molar-refractivity contribution in [2.45, 2.75) is 19.9 Å². The number of thiocarbonyl (C=S) groups is 1. The van der Waals surface area contributed by atoms with E-state index in [9.17, 15) is 4.79 Å². The molecule has 1 amide bonds. The first kappa shape index (κ1) is 14.7. The van der Waals surface area contributed by atoms with Crippen molar-refractivity contribution in [2.75, 3.05) is 0 Å². The van der Waals surface area contributed by atoms with Gasteiger partial charge in [-0.1, -0.05) is 36.5 Å². The topological polar surface area (TPSA) is 55.1 Å². The summed E-state index contributed by atoms with van der Waals surface area (Å²) in [7, 11) is 0. The van der Waals surface area contributed by atoms with Crippen molar-refractivity contribution >= 4 is 34.5 Å². The molecular formula is C15H16N2OS2. The van der Waals surface area contributed by atoms with E-state index in [0.717, 1.165) is 11.1 Å². The van der Waals surface area contributed by atoms with E-state index in [2.05, 4.69) is 11.4 Å². The second-order valence-corrected chi connectivity index (χ2v) is 5.98. The van der Waals surface area contributed by atoms with Gasteiger partial charge in [0, 0.05) is 10.4 Å². The van der Waals surface area contributed by atoms with Gasteiger partial charge in [-0.3, -0.25) is 4.79 Å². The van der Waals surface area contributed by atoms with Gasteiger partial charge in [-0.05, 0) is 29.5 Å². The van der Waals surface area contributed by atoms with E-state index in [1.165, 1.54) is 10.4 Å². The minimum atomic E-state index is 0.0147. The predicted molar refractivity (Wildman–Crippen MR) is 86.9 cm³/mol. The molecular weight excluding hydrogens is 288 g/mol. The summed E-state index contributed by atoms with van der Waals surface area (Å²) in [5.41, 5.74) is 8.52. The molecule has 5 heteroatoms. The summed E-state index contributed by atoms with van der Waals surface area (Å²) in [5, 5.41) is 4.97. The van der Waals surface area contributed by atoms with Crippen LogP contribution < -0.4 is 11.1 Å². The quantitative estimate of drug-likeness (QED) is 0.835. The van der Waals surface area contributed by atoms with E-state index in [0.29, 0.717) is 18.0 Å². The minimum Gasteiger partial charge on any atom is -0.389 e. The smallest absolute Gasteiger partial charge is 0.224 e. The van der Waals surface area contributed by atoms with Crippen LogP contribution in [-0.2, 0) is 17.8 Å². The normalized spacial score (nSPS) is 10.2. The molecule has 0 radical (unpaired) electrons. The van der Waals surface area contributed by atoms with Crippen molar-refractivity contribution in [3.8, 4) is 0 Å². The Kier molecular flexibility index (Phi) is 4.87. The second kappa shape index (κ2) is 6.63. The van der Waals surface area contributed by atoms with E-state index >= 15 is 0 Å². The highest BCUT2D eigenvalue weighted by atomic mass is 32.1. The Morgan fingerprint density at radius 1 is 1.30 bits per heavy atom. The molecule has 0 aliphatic heterocycles. The largest absolute Gasteiger partial charge is 0.389 e. The third kappa shape index (κ3) is 3.88. The minimum absolute atomic E-state index is 0.0147. The van der Waals surface area contributed by atoms with Crippen LogP contribution in [0.5, 0.6) is 0 Å². The Morgan fingerprint density at radius 2 is 2.00 bits per heavy atom. The van der Waals surface area contributed by atoms with Gasteiger partial charge in [0.15, 0.2) is 0 Å². The predicted octanol–water partition coefficient (Wildman–Crippen LogP) is 2.55. The van der Waals surface area contributed by atoms with E-state index in [4.69, 9.17) is 18.0 Å². The third-order valence-corrected chi connectivity index (χ3v) is 4.28. The average Bonchev–Trinajstić information content (AvgIpc) is 2.82. The van der Waals surface area contributed by atoms with E-state index in [-0.39, 0.29) is 5.91 Å². The van der Waals surface area contributed by atoms with Gasteiger partial charge in [-0.15, -0.1) is 11.3 Å². The lowest BCUT2D eigenvalue weighted by molar-refractivity contribution is -0.120. The molecule has 1 heterocycles. The van der Waals surface area contributed by atoms with Gasteiger partial charge in [-0.2, -0.15) is 0 Å². The Labute approximate surface area is 127 Å². The fourth-order valence-electron chi connectivity index (χ4n) is 1.80. The molecule has 0 aliphatic rings. The van der Waals surface area contributed by atoms with E-state index < -0.39 is 0 Å². The zero-order valence-electron chi connectivity index (χ0n) is 11.2. The molecule has 104 valence electrons. The number of rotatable bonds is 5. The van der Waals surface area contributed by atoms with Crippen LogP contribution in [0.2, 0.25) is 0 Å². The first-order chi connectivity index (χ1) is 9.56. The molecule has 20 heavy (non-hydrogen) atoms. The molecule has 0 spiro atoms. The second-order valence-electron chi connectivity index (χ2n) is 4.54. The number of aryl methyl sites for hydroxylation is 1. The van der Waals surface area contributed by atoms with Crippen molar-refractivity contribution in [3.63, 3.8) is 0 Å². The van der Waals surface area contributed by atoms with Gasteiger partial charge in [-0.25, -0.2) is 0 Å². The summed E-state index contributed by atoms with van der Waals surface area (Å²) >= 11 is 6.55. The first-order valence-corrected chi connectivity index (χ1v) is 7.53. The highest BCUT2D eigenvalue weighted by molar-refractivity contribution is 7.80. The van der Waals surface area contributed by atoms with Crippen LogP contribution in [0.4, 0.5) is 0 Å². The highest BCUT2D eigenvalue weighted by Crippen LogP contribution is 2.14. The van der Waals surface area contributed by atoms with Crippen LogP contribution in [0.3, 0.4) is 0 Å². The SMILES string of the molecule is Cc1ccsc1CNC(=O)Cc1ccc(C(N)=S)cc1. The lowest BCUT2D eigenvalue weighted by Crippen LogP contribution is -2.24. The number of carbonyl (C=O) groups excluding carboxylic acids is 1. The standard InChI is InChI=1S/C15H16N2OS2/c1-10-6-7-20-13(10)9-17-14(18)8-11-2-4-12(5-3-11)15(16)19/h2-7H,8-9H2,1H3,(H2,16,19)(H,17,18). The maximum absolute atomic E-state index is 11.9. The molecule has 0 unspecified atom stereocenters. The fourth-order valence-corrected chi connectivity index (χ4v) is 2.78. The van der Waals surface area contributed by atoms with Gasteiger partial charge in [0.1, 0.15) is 4.99 Å². The Bertz CT molecular complexity index is 617. The molecule has 1 aromatic heterocycles. The van der Waals surface area contributed by atoms with Crippen LogP contribution in [0.25, 0.3) is 0 Å². The zero-order valence-corrected chi connectivity index (χ0v) is 12.8. The Balaban J connectivity index is 1.88. The summed E-state index contributed by atoms with van der Waals surface area (Å²) in [6.07, 6.45) is 0.363. The molecule has 1 aromatic carbocycles. The van der Waals surface area contributed by atoms with Gasteiger partial charge < -0.3 is 11.1 Å². The number of nitrogens with two attached hydrogens (primary N) is 1. The fraction of sp³-hybridized carbons (Fsp3) is 0.200. The van der Waals surface area contributed by atoms with Crippen LogP contribution in [0.1, 0.15) is 21.6 Å². The number of benzene rings is 1. The summed E-state index contributed by atoms with van der Waals surface area (Å²) in [5.74, 6) is 0.0147. The van der Waals surface area contributed by atoms with Crippen molar-refractivity contribution in [2.24, 2.45) is 5.73 Å². The highest BCUT2D eigenvalue weighted by Gasteiger charge is 2.06. The molecule has 3 nitrogen and oxygen atoms in total. The summed E-state index contributed by atoms with van der Waals surface area (Å²) in [6, 6.07) is 9.50. The van der Waals surface area contributed by atoms with Gasteiger partial charge in [0.05, 0.1) is 13.0 Å². The lowest BCUT2D eigenvalue weighted by atomic mass is 10.1. The average molecular weight is 304 g/mol. The van der Waals surface area contributed by atoms with Crippen molar-refractivity contribution in [3.05, 3.63) is 57.3 Å². The Morgan fingerprint density at radius 3 is 2.55 bits per heavy atom. The third-order valence-electron chi connectivity index (χ3n) is 3.02. The molecule has 0 saturated heterocycles. The molecule has 0 fully saturated rings. The van der Waals surface area contributed by atoms with E-state index in [1.54, 1.807) is 11.3 Å². The molecule has 2 rings (SSSR count). The zero-order chi connectivity index (χ0) is 14.5. The number of nitrogens with one attached hydrogen (secondary N) is 1. The van der Waals surface area contributed by atoms with Crippen molar-refractivity contribution in [1.82, 2.24) is 5.32 Å². The van der Waals surface area contributed by atoms with Crippen LogP contribution in [-0.4, -0.2) is 10.9 Å². The maximum Gasteiger partial charge on any atom is 0.224 e. The molecule has 0 atom stereocenters. The monoisotopic (exact) mass is 304 g/mol. The van der Waals surface area contributed by atoms with Gasteiger partial charge in [0.2, 0.25) is 5.91 Å². The molecule has 0 bridgehead atoms. The molecule has 2 aromatic rings. The van der Waals surface area contributed by atoms with Crippen LogP contribution in [0, 0.1) is 6.92 Å². The molecule has 3 N–H and O–H groups in total. The van der Waals surface area contributed by atoms with Gasteiger partial charge in [0.25, 0.3) is 0 Å². The maximum atomic E-state index is 11.9. The van der Waals surface area contributed by atoms with E-state index in [1.807, 2.05) is 36.6 Å². The number of carbonyl (C=O) groups is 1. The van der Waals surface area contributed by atoms with Crippen molar-refractivity contribution < 1.29 is 4.79 Å². The summed E-state index contributed by atoms with van der Waals surface area (Å²) in [6.45, 7) is 2.64. The first-order valence-electron chi connectivity index (χ1n) is 6.24. The molecule has 0 aliphatic carbocycles. The van der Waals surface area contributed by atoms with Crippen LogP contribution >= 0.6 is 23.6 Å². The van der Waals surface area contributed by atoms with Crippen molar-refractivity contribution in [1.29, 1.82) is 0 Å². The van der Waals surface area contributed by atoms with Gasteiger partial charge >= 0.3 is 0 Å². The number of hydrogen-bond donors (Lipinski definition) is 2. The number of thiophene rings is 1. The molecule has 0 saturated carbocycles. The van der Waals surface area contributed by atoms with Crippen LogP contribution in [0.15, 0.2) is 35.7 Å². The Hall–Kier alpha value is -1.72.